The topological polar surface area (TPSA) is 429 Å². The molecule has 32 nitrogen and oxygen atoms in total. The van der Waals surface area contributed by atoms with Crippen LogP contribution in [0.25, 0.3) is 44.1 Å². The quantitative estimate of drug-likeness (QED) is 0.00986. The fourth-order valence-corrected chi connectivity index (χ4v) is 18.6. The normalized spacial score (nSPS) is 12.2. The summed E-state index contributed by atoms with van der Waals surface area (Å²) in [4.78, 5) is 40.9. The van der Waals surface area contributed by atoms with E-state index in [9.17, 15) is 65.5 Å². The third-order valence-corrected chi connectivity index (χ3v) is 27.0. The predicted octanol–water partition coefficient (Wildman–Crippen LogP) is 18.2. The molecule has 0 amide bonds. The van der Waals surface area contributed by atoms with Crippen molar-refractivity contribution in [2.45, 2.75) is 66.1 Å². The maximum Gasteiger partial charge on any atom is 0.262 e. The Kier molecular flexibility index (Phi) is 35.6. The number of hydrogen-bond donors (Lipinski definition) is 9. The fourth-order valence-electron chi connectivity index (χ4n) is 14.3. The molecule has 754 valence electrons. The van der Waals surface area contributed by atoms with Crippen LogP contribution in [0.3, 0.4) is 0 Å². The number of anilines is 4. The summed E-state index contributed by atoms with van der Waals surface area (Å²) in [5.74, 6) is -9.07. The summed E-state index contributed by atoms with van der Waals surface area (Å²) < 4.78 is 298. The molecule has 143 heavy (non-hydrogen) atoms. The van der Waals surface area contributed by atoms with Crippen molar-refractivity contribution in [1.82, 2.24) is 39.9 Å². The second-order valence-electron chi connectivity index (χ2n) is 31.1. The summed E-state index contributed by atoms with van der Waals surface area (Å²) in [6.45, 7) is 7.88. The van der Waals surface area contributed by atoms with Crippen molar-refractivity contribution >= 4 is 113 Å². The van der Waals surface area contributed by atoms with Crippen LogP contribution in [0.2, 0.25) is 0 Å². The van der Waals surface area contributed by atoms with Crippen molar-refractivity contribution in [1.29, 1.82) is 0 Å². The SMILES string of the molecule is C.COCCOc1cnc2[nH]cc(C(=O)c3c(F)ccc(NS(=O)(=O)c4ccc(C)cc4)c3F)c2c1.COCCOc1cnc2[nH]cc(C(O)c3c(F)ccc(NS(=O)(=O)c4ccc(C)cc4)c3F)c2c1.COCCOc1cnc2[nH]cc(C(OC)c3c(F)ccc(NS(=O)(=O)c4ccc(C)cc4)c3F)c2c1.COCCOc1cnc2[nH]cc(C(OC)c3c(F)ccc(NS(=O)(=O)c4cccc(F)c4)c3F)c2c1. The molecule has 0 aliphatic carbocycles. The summed E-state index contributed by atoms with van der Waals surface area (Å²) in [5, 5.41) is 12.6. The van der Waals surface area contributed by atoms with Gasteiger partial charge in [-0.25, -0.2) is 93.1 Å². The highest BCUT2D eigenvalue weighted by Crippen LogP contribution is 2.42. The van der Waals surface area contributed by atoms with E-state index >= 15 is 17.6 Å². The largest absolute Gasteiger partial charge is 0.490 e. The first-order chi connectivity index (χ1) is 67.9. The number of ketones is 1. The van der Waals surface area contributed by atoms with E-state index in [1.165, 1.54) is 134 Å². The number of benzene rings is 8. The molecule has 0 radical (unpaired) electrons. The molecular formula is C98H95F9N12O20S4. The number of ether oxygens (including phenoxy) is 10. The van der Waals surface area contributed by atoms with Gasteiger partial charge in [-0.15, -0.1) is 0 Å². The first-order valence-corrected chi connectivity index (χ1v) is 48.5. The molecule has 16 aromatic rings. The number of aryl methyl sites for hydroxylation is 3. The Labute approximate surface area is 814 Å². The Morgan fingerprint density at radius 2 is 0.650 bits per heavy atom. The Balaban J connectivity index is 0.000000170. The monoisotopic (exact) mass is 2060 g/mol. The Morgan fingerprint density at radius 3 is 1.00 bits per heavy atom. The van der Waals surface area contributed by atoms with Gasteiger partial charge in [-0.1, -0.05) is 66.6 Å². The first kappa shape index (κ1) is 107. The Hall–Kier alpha value is -14.5. The van der Waals surface area contributed by atoms with Crippen LogP contribution < -0.4 is 37.8 Å². The van der Waals surface area contributed by atoms with Gasteiger partial charge < -0.3 is 72.4 Å². The summed E-state index contributed by atoms with van der Waals surface area (Å²) >= 11 is 0. The van der Waals surface area contributed by atoms with Gasteiger partial charge in [0.1, 0.15) is 119 Å². The minimum absolute atomic E-state index is 0. The minimum Gasteiger partial charge on any atom is -0.490 e. The van der Waals surface area contributed by atoms with E-state index in [1.54, 1.807) is 75.6 Å². The smallest absolute Gasteiger partial charge is 0.262 e. The zero-order valence-electron chi connectivity index (χ0n) is 76.7. The zero-order chi connectivity index (χ0) is 102. The standard InChI is InChI=1S/C25H25F2N3O5S.C24H22F3N3O5S.C24H23F2N3O5S.C24H21F2N3O5S.CH4/c1-15-4-6-17(7-5-15)36(31,32)30-21-9-8-20(26)22(23(21)27)24(34-3)19-14-29-25-18(19)12-16(13-28-25)35-11-10-33-2;1-33-8-9-35-15-11-17-18(13-29-24(17)28-12-15)23(34-2)21-19(26)6-7-20(22(21)27)30-36(31,32)16-5-3-4-14(25)10-16;2*1-14-3-5-16(6-4-14)35(31,32)29-20-8-7-19(25)21(22(20)26)23(30)18-13-28-24-17(18)11-15(12-27-24)34-10-9-33-2;/h4-9,12-14,24,30H,10-11H2,1-3H3,(H,28,29);3-7,10-13,23,30H,8-9H2,1-2H3,(H,28,29);3-8,11-13,23,29-30H,9-10H2,1-2H3,(H,27,28);3-8,11-13,29H,9-10H2,1-2H3,(H,27,28);1H4. The maximum absolute atomic E-state index is 15.6. The highest BCUT2D eigenvalue weighted by atomic mass is 32.2. The van der Waals surface area contributed by atoms with Crippen LogP contribution in [0, 0.1) is 73.1 Å². The van der Waals surface area contributed by atoms with Crippen LogP contribution in [0.15, 0.2) is 239 Å². The van der Waals surface area contributed by atoms with Gasteiger partial charge in [0.2, 0.25) is 5.78 Å². The van der Waals surface area contributed by atoms with Crippen molar-refractivity contribution in [3.8, 4) is 23.0 Å². The number of aliphatic hydroxyl groups is 1. The average molecular weight is 2060 g/mol. The molecular weight excluding hydrogens is 1960 g/mol. The van der Waals surface area contributed by atoms with Crippen LogP contribution >= 0.6 is 0 Å². The van der Waals surface area contributed by atoms with Crippen LogP contribution in [0.1, 0.15) is 91.7 Å². The number of methoxy groups -OCH3 is 6. The lowest BCUT2D eigenvalue weighted by Gasteiger charge is -2.19. The number of sulfonamides is 4. The number of nitrogens with zero attached hydrogens (tertiary/aromatic N) is 4. The molecule has 45 heteroatoms. The number of aromatic nitrogens is 8. The highest BCUT2D eigenvalue weighted by Gasteiger charge is 2.34. The fraction of sp³-hybridized carbons (Fsp3) is 0.214. The number of fused-ring (bicyclic) bond motifs is 4. The molecule has 0 aliphatic heterocycles. The van der Waals surface area contributed by atoms with E-state index in [4.69, 9.17) is 47.4 Å². The summed E-state index contributed by atoms with van der Waals surface area (Å²) in [5.41, 5.74) is 0.377. The van der Waals surface area contributed by atoms with E-state index in [2.05, 4.69) is 58.8 Å². The van der Waals surface area contributed by atoms with Crippen molar-refractivity contribution in [2.24, 2.45) is 0 Å². The van der Waals surface area contributed by atoms with Crippen molar-refractivity contribution in [2.75, 3.05) is 114 Å². The maximum atomic E-state index is 15.6. The average Bonchev–Trinajstić information content (AvgIpc) is 1.73. The molecule has 0 saturated carbocycles. The first-order valence-electron chi connectivity index (χ1n) is 42.5. The number of nitrogens with one attached hydrogen (secondary N) is 8. The van der Waals surface area contributed by atoms with Gasteiger partial charge in [0.05, 0.1) is 116 Å². The number of carbonyl (C=O) groups is 1. The molecule has 8 aromatic heterocycles. The van der Waals surface area contributed by atoms with Gasteiger partial charge in [0.25, 0.3) is 40.1 Å². The van der Waals surface area contributed by atoms with Gasteiger partial charge in [0, 0.05) is 111 Å². The van der Waals surface area contributed by atoms with E-state index < -0.39 is 166 Å². The highest BCUT2D eigenvalue weighted by molar-refractivity contribution is 7.93. The van der Waals surface area contributed by atoms with E-state index in [0.717, 1.165) is 83.4 Å². The predicted molar refractivity (Wildman–Crippen MR) is 514 cm³/mol. The number of H-pyrrole nitrogens is 4. The van der Waals surface area contributed by atoms with E-state index in [-0.39, 0.29) is 58.4 Å². The van der Waals surface area contributed by atoms with Crippen molar-refractivity contribution in [3.05, 3.63) is 333 Å². The summed E-state index contributed by atoms with van der Waals surface area (Å²) in [6, 6.07) is 36.0. The molecule has 0 saturated heterocycles. The third-order valence-electron chi connectivity index (χ3n) is 21.5. The Morgan fingerprint density at radius 1 is 0.350 bits per heavy atom. The van der Waals surface area contributed by atoms with E-state index in [0.29, 0.717) is 106 Å². The summed E-state index contributed by atoms with van der Waals surface area (Å²) in [7, 11) is -8.10. The second kappa shape index (κ2) is 47.4. The number of aliphatic hydroxyl groups excluding tert-OH is 1. The van der Waals surface area contributed by atoms with Crippen LogP contribution in [-0.4, -0.2) is 180 Å². The molecule has 8 heterocycles. The third kappa shape index (κ3) is 25.3. The molecule has 3 unspecified atom stereocenters. The lowest BCUT2D eigenvalue weighted by atomic mass is 9.99. The van der Waals surface area contributed by atoms with Crippen LogP contribution in [-0.2, 0) is 68.5 Å². The van der Waals surface area contributed by atoms with Crippen molar-refractivity contribution < 1.29 is 130 Å². The van der Waals surface area contributed by atoms with Crippen molar-refractivity contribution in [3.63, 3.8) is 0 Å². The Bertz CT molecular complexity index is 7730. The van der Waals surface area contributed by atoms with Gasteiger partial charge >= 0.3 is 0 Å². The number of carbonyl (C=O) groups excluding carboxylic acids is 1. The minimum atomic E-state index is -4.36. The number of halogens is 9. The lowest BCUT2D eigenvalue weighted by molar-refractivity contribution is 0.103. The second-order valence-corrected chi connectivity index (χ2v) is 37.8. The molecule has 16 rings (SSSR count). The van der Waals surface area contributed by atoms with Crippen LogP contribution in [0.4, 0.5) is 62.3 Å². The van der Waals surface area contributed by atoms with Crippen LogP contribution in [0.5, 0.6) is 23.0 Å². The van der Waals surface area contributed by atoms with Gasteiger partial charge in [0.15, 0.2) is 23.3 Å². The number of hydrogen-bond acceptors (Lipinski definition) is 24. The van der Waals surface area contributed by atoms with Gasteiger partial charge in [-0.3, -0.25) is 23.7 Å². The number of pyridine rings is 4. The molecule has 3 atom stereocenters. The molecule has 0 bridgehead atoms. The molecule has 8 aromatic carbocycles. The molecule has 0 fully saturated rings. The van der Waals surface area contributed by atoms with Gasteiger partial charge in [-0.2, -0.15) is 0 Å². The molecule has 0 aliphatic rings. The molecule has 0 spiro atoms. The number of rotatable bonds is 38. The molecule has 9 N–H and O–H groups in total. The van der Waals surface area contributed by atoms with Gasteiger partial charge in [-0.05, 0) is 148 Å². The zero-order valence-corrected chi connectivity index (χ0v) is 80.0. The number of aromatic amines is 4. The van der Waals surface area contributed by atoms with E-state index in [1.807, 2.05) is 6.92 Å². The summed E-state index contributed by atoms with van der Waals surface area (Å²) in [6.07, 6.45) is 7.35. The lowest BCUT2D eigenvalue weighted by Crippen LogP contribution is -2.16.